The first-order valence-electron chi connectivity index (χ1n) is 7.62. The van der Waals surface area contributed by atoms with Gasteiger partial charge >= 0.3 is 17.9 Å². The summed E-state index contributed by atoms with van der Waals surface area (Å²) in [6.45, 7) is 6.16. The first kappa shape index (κ1) is 16.5. The molecule has 0 spiro atoms. The fourth-order valence-electron chi connectivity index (χ4n) is 3.06. The fourth-order valence-corrected chi connectivity index (χ4v) is 3.06. The number of fused-ring (bicyclic) bond motifs is 1. The Balaban J connectivity index is 2.18. The molecule has 1 fully saturated rings. The highest BCUT2D eigenvalue weighted by Gasteiger charge is 2.55. The van der Waals surface area contributed by atoms with Crippen LogP contribution in [-0.4, -0.2) is 36.7 Å². The number of rotatable bonds is 4. The molecule has 122 valence electrons. The molecular formula is C16H22O6. The first-order chi connectivity index (χ1) is 10.4. The summed E-state index contributed by atoms with van der Waals surface area (Å²) in [4.78, 5) is 35.7. The molecule has 0 unspecified atom stereocenters. The second-order valence-corrected chi connectivity index (χ2v) is 5.89. The van der Waals surface area contributed by atoms with Gasteiger partial charge in [0.25, 0.3) is 0 Å². The van der Waals surface area contributed by atoms with Crippen molar-refractivity contribution in [2.75, 3.05) is 13.2 Å². The minimum Gasteiger partial charge on any atom is -0.466 e. The molecule has 0 amide bonds. The van der Waals surface area contributed by atoms with Gasteiger partial charge in [0.1, 0.15) is 6.42 Å². The van der Waals surface area contributed by atoms with Gasteiger partial charge in [-0.05, 0) is 26.2 Å². The highest BCUT2D eigenvalue weighted by atomic mass is 16.6. The smallest absolute Gasteiger partial charge is 0.351 e. The van der Waals surface area contributed by atoms with Gasteiger partial charge in [-0.1, -0.05) is 18.6 Å². The predicted octanol–water partition coefficient (Wildman–Crippen LogP) is 1.77. The molecule has 0 bridgehead atoms. The van der Waals surface area contributed by atoms with Gasteiger partial charge in [0.2, 0.25) is 5.60 Å². The SMILES string of the molecule is CCOC(=O)CC(=O)O[C@]12C[C@@H](C)C(C)=C[C@H]1CCOC2=O. The Morgan fingerprint density at radius 1 is 1.41 bits per heavy atom. The van der Waals surface area contributed by atoms with E-state index in [-0.39, 0.29) is 18.4 Å². The van der Waals surface area contributed by atoms with Gasteiger partial charge in [-0.15, -0.1) is 0 Å². The summed E-state index contributed by atoms with van der Waals surface area (Å²) < 4.78 is 15.3. The largest absolute Gasteiger partial charge is 0.466 e. The van der Waals surface area contributed by atoms with Crippen molar-refractivity contribution in [3.63, 3.8) is 0 Å². The Hall–Kier alpha value is -1.85. The summed E-state index contributed by atoms with van der Waals surface area (Å²) in [6.07, 6.45) is 2.49. The van der Waals surface area contributed by atoms with Gasteiger partial charge in [0.15, 0.2) is 0 Å². The van der Waals surface area contributed by atoms with Crippen molar-refractivity contribution in [1.29, 1.82) is 0 Å². The monoisotopic (exact) mass is 310 g/mol. The molecule has 6 nitrogen and oxygen atoms in total. The van der Waals surface area contributed by atoms with Crippen LogP contribution in [0.4, 0.5) is 0 Å². The van der Waals surface area contributed by atoms with E-state index in [9.17, 15) is 14.4 Å². The van der Waals surface area contributed by atoms with Crippen molar-refractivity contribution in [3.05, 3.63) is 11.6 Å². The molecule has 1 saturated heterocycles. The van der Waals surface area contributed by atoms with E-state index in [1.54, 1.807) is 6.92 Å². The molecule has 1 heterocycles. The topological polar surface area (TPSA) is 78.9 Å². The van der Waals surface area contributed by atoms with Crippen molar-refractivity contribution in [2.45, 2.75) is 45.6 Å². The Morgan fingerprint density at radius 3 is 2.82 bits per heavy atom. The highest BCUT2D eigenvalue weighted by molar-refractivity contribution is 5.93. The van der Waals surface area contributed by atoms with Crippen molar-refractivity contribution in [2.24, 2.45) is 11.8 Å². The third-order valence-corrected chi connectivity index (χ3v) is 4.35. The Kier molecular flexibility index (Phi) is 4.88. The maximum Gasteiger partial charge on any atom is 0.351 e. The summed E-state index contributed by atoms with van der Waals surface area (Å²) in [6, 6.07) is 0. The number of cyclic esters (lactones) is 1. The molecule has 3 atom stereocenters. The summed E-state index contributed by atoms with van der Waals surface area (Å²) >= 11 is 0. The molecular weight excluding hydrogens is 288 g/mol. The quantitative estimate of drug-likeness (QED) is 0.341. The van der Waals surface area contributed by atoms with Crippen molar-refractivity contribution < 1.29 is 28.6 Å². The normalized spacial score (nSPS) is 30.7. The summed E-state index contributed by atoms with van der Waals surface area (Å²) in [5.41, 5.74) is -0.127. The van der Waals surface area contributed by atoms with Gasteiger partial charge in [-0.25, -0.2) is 4.79 Å². The number of carbonyl (C=O) groups excluding carboxylic acids is 3. The highest BCUT2D eigenvalue weighted by Crippen LogP contribution is 2.43. The first-order valence-corrected chi connectivity index (χ1v) is 7.62. The van der Waals surface area contributed by atoms with Crippen LogP contribution in [0.5, 0.6) is 0 Å². The lowest BCUT2D eigenvalue weighted by molar-refractivity contribution is -0.200. The number of esters is 3. The molecule has 0 radical (unpaired) electrons. The standard InChI is InChI=1S/C16H22O6/c1-4-20-13(17)8-14(18)22-16-9-11(3)10(2)7-12(16)5-6-21-15(16)19/h7,11-12H,4-6,8-9H2,1-3H3/t11-,12-,16-/m1/s1. The molecule has 1 aliphatic carbocycles. The van der Waals surface area contributed by atoms with Crippen LogP contribution in [0.15, 0.2) is 11.6 Å². The Bertz CT molecular complexity index is 509. The number of allylic oxidation sites excluding steroid dienone is 1. The lowest BCUT2D eigenvalue weighted by Crippen LogP contribution is -2.56. The number of carbonyl (C=O) groups is 3. The zero-order valence-corrected chi connectivity index (χ0v) is 13.2. The van der Waals surface area contributed by atoms with Crippen molar-refractivity contribution in [1.82, 2.24) is 0 Å². The maximum atomic E-state index is 12.3. The van der Waals surface area contributed by atoms with E-state index >= 15 is 0 Å². The van der Waals surface area contributed by atoms with Gasteiger partial charge in [0.05, 0.1) is 13.2 Å². The minimum absolute atomic E-state index is 0.109. The average molecular weight is 310 g/mol. The van der Waals surface area contributed by atoms with E-state index in [2.05, 4.69) is 0 Å². The van der Waals surface area contributed by atoms with Gasteiger partial charge < -0.3 is 14.2 Å². The van der Waals surface area contributed by atoms with Crippen LogP contribution >= 0.6 is 0 Å². The molecule has 0 saturated carbocycles. The second-order valence-electron chi connectivity index (χ2n) is 5.89. The fraction of sp³-hybridized carbons (Fsp3) is 0.688. The van der Waals surface area contributed by atoms with E-state index in [0.29, 0.717) is 19.4 Å². The van der Waals surface area contributed by atoms with E-state index in [1.165, 1.54) is 5.57 Å². The Labute approximate surface area is 129 Å². The van der Waals surface area contributed by atoms with Crippen LogP contribution in [-0.2, 0) is 28.6 Å². The molecule has 0 aromatic rings. The van der Waals surface area contributed by atoms with E-state index in [0.717, 1.165) is 0 Å². The molecule has 2 aliphatic rings. The number of hydrogen-bond acceptors (Lipinski definition) is 6. The van der Waals surface area contributed by atoms with E-state index in [4.69, 9.17) is 14.2 Å². The molecule has 0 aromatic carbocycles. The average Bonchev–Trinajstić information content (AvgIpc) is 2.42. The Morgan fingerprint density at radius 2 is 2.14 bits per heavy atom. The number of hydrogen-bond donors (Lipinski definition) is 0. The zero-order chi connectivity index (χ0) is 16.3. The van der Waals surface area contributed by atoms with Gasteiger partial charge in [0, 0.05) is 12.3 Å². The van der Waals surface area contributed by atoms with Crippen molar-refractivity contribution in [3.8, 4) is 0 Å². The van der Waals surface area contributed by atoms with E-state index in [1.807, 2.05) is 19.9 Å². The molecule has 0 aromatic heterocycles. The molecule has 2 rings (SSSR count). The van der Waals surface area contributed by atoms with Crippen LogP contribution < -0.4 is 0 Å². The third kappa shape index (κ3) is 3.15. The molecule has 0 N–H and O–H groups in total. The lowest BCUT2D eigenvalue weighted by atomic mass is 9.70. The summed E-state index contributed by atoms with van der Waals surface area (Å²) in [5.74, 6) is -2.01. The predicted molar refractivity (Wildman–Crippen MR) is 76.7 cm³/mol. The van der Waals surface area contributed by atoms with Crippen LogP contribution in [0.2, 0.25) is 0 Å². The number of ether oxygens (including phenoxy) is 3. The van der Waals surface area contributed by atoms with Crippen LogP contribution in [0, 0.1) is 11.8 Å². The maximum absolute atomic E-state index is 12.3. The van der Waals surface area contributed by atoms with Crippen LogP contribution in [0.1, 0.15) is 40.0 Å². The van der Waals surface area contributed by atoms with E-state index < -0.39 is 29.9 Å². The lowest BCUT2D eigenvalue weighted by Gasteiger charge is -2.44. The molecule has 6 heteroatoms. The minimum atomic E-state index is -1.30. The second kappa shape index (κ2) is 6.50. The third-order valence-electron chi connectivity index (χ3n) is 4.35. The molecule has 22 heavy (non-hydrogen) atoms. The van der Waals surface area contributed by atoms with Crippen LogP contribution in [0.3, 0.4) is 0 Å². The zero-order valence-electron chi connectivity index (χ0n) is 13.2. The van der Waals surface area contributed by atoms with Gasteiger partial charge in [-0.2, -0.15) is 0 Å². The summed E-state index contributed by atoms with van der Waals surface area (Å²) in [5, 5.41) is 0. The van der Waals surface area contributed by atoms with Crippen LogP contribution in [0.25, 0.3) is 0 Å². The molecule has 1 aliphatic heterocycles. The summed E-state index contributed by atoms with van der Waals surface area (Å²) in [7, 11) is 0. The van der Waals surface area contributed by atoms with Crippen molar-refractivity contribution >= 4 is 17.9 Å². The van der Waals surface area contributed by atoms with Gasteiger partial charge in [-0.3, -0.25) is 9.59 Å².